The summed E-state index contributed by atoms with van der Waals surface area (Å²) in [6, 6.07) is 12.7. The largest absolute Gasteiger partial charge is 0.492 e. The van der Waals surface area contributed by atoms with Gasteiger partial charge in [-0.2, -0.15) is 0 Å². The first kappa shape index (κ1) is 14.2. The van der Waals surface area contributed by atoms with E-state index in [1.807, 2.05) is 0 Å². The van der Waals surface area contributed by atoms with Crippen LogP contribution < -0.4 is 10.5 Å². The minimum atomic E-state index is -0.0917. The molecule has 0 radical (unpaired) electrons. The summed E-state index contributed by atoms with van der Waals surface area (Å²) in [6.45, 7) is 9.42. The molecule has 1 unspecified atom stereocenters. The van der Waals surface area contributed by atoms with Gasteiger partial charge < -0.3 is 10.5 Å². The van der Waals surface area contributed by atoms with Crippen LogP contribution in [0, 0.1) is 13.8 Å². The van der Waals surface area contributed by atoms with Crippen molar-refractivity contribution in [2.75, 3.05) is 6.61 Å². The number of hydrogen-bond donors (Lipinski definition) is 1. The Bertz CT molecular complexity index is 688. The van der Waals surface area contributed by atoms with Gasteiger partial charge in [0.05, 0.1) is 12.6 Å². The van der Waals surface area contributed by atoms with E-state index >= 15 is 0 Å². The van der Waals surface area contributed by atoms with Gasteiger partial charge in [0.15, 0.2) is 0 Å². The molecule has 2 nitrogen and oxygen atoms in total. The van der Waals surface area contributed by atoms with Crippen molar-refractivity contribution in [1.82, 2.24) is 0 Å². The first-order valence-corrected chi connectivity index (χ1v) is 7.48. The standard InChI is InChI=1S/C19H23NO/c1-12-5-6-14(9-13(12)2)18(20)15-7-8-17-16(10-15)19(3,4)11-21-17/h5-10,18H,11,20H2,1-4H3. The number of nitrogens with two attached hydrogens (primary N) is 1. The molecule has 0 fully saturated rings. The van der Waals surface area contributed by atoms with Crippen LogP contribution in [0.3, 0.4) is 0 Å². The maximum Gasteiger partial charge on any atom is 0.123 e. The van der Waals surface area contributed by atoms with Crippen molar-refractivity contribution in [3.63, 3.8) is 0 Å². The summed E-state index contributed by atoms with van der Waals surface area (Å²) < 4.78 is 5.75. The molecule has 110 valence electrons. The molecule has 0 amide bonds. The predicted molar refractivity (Wildman–Crippen MR) is 86.9 cm³/mol. The second-order valence-corrected chi connectivity index (χ2v) is 6.75. The van der Waals surface area contributed by atoms with Gasteiger partial charge in [0.25, 0.3) is 0 Å². The maximum atomic E-state index is 6.48. The Morgan fingerprint density at radius 1 is 1.00 bits per heavy atom. The molecule has 2 aromatic rings. The minimum absolute atomic E-state index is 0.0637. The van der Waals surface area contributed by atoms with E-state index in [1.54, 1.807) is 0 Å². The summed E-state index contributed by atoms with van der Waals surface area (Å²) in [6.07, 6.45) is 0. The van der Waals surface area contributed by atoms with Crippen LogP contribution in [-0.4, -0.2) is 6.61 Å². The van der Waals surface area contributed by atoms with Crippen molar-refractivity contribution < 1.29 is 4.74 Å². The Balaban J connectivity index is 1.99. The molecular formula is C19H23NO. The number of benzene rings is 2. The van der Waals surface area contributed by atoms with E-state index < -0.39 is 0 Å². The van der Waals surface area contributed by atoms with Gasteiger partial charge in [-0.05, 0) is 48.2 Å². The normalized spacial score (nSPS) is 17.2. The lowest BCUT2D eigenvalue weighted by molar-refractivity contribution is 0.291. The van der Waals surface area contributed by atoms with Crippen molar-refractivity contribution in [3.8, 4) is 5.75 Å². The number of ether oxygens (including phenoxy) is 1. The molecule has 2 aromatic carbocycles. The third-order valence-electron chi connectivity index (χ3n) is 4.57. The van der Waals surface area contributed by atoms with Crippen LogP contribution >= 0.6 is 0 Å². The van der Waals surface area contributed by atoms with E-state index in [0.717, 1.165) is 23.5 Å². The molecule has 0 aromatic heterocycles. The molecule has 0 bridgehead atoms. The quantitative estimate of drug-likeness (QED) is 0.902. The van der Waals surface area contributed by atoms with Gasteiger partial charge in [-0.15, -0.1) is 0 Å². The van der Waals surface area contributed by atoms with Gasteiger partial charge in [0.1, 0.15) is 5.75 Å². The zero-order valence-corrected chi connectivity index (χ0v) is 13.2. The van der Waals surface area contributed by atoms with E-state index in [2.05, 4.69) is 64.1 Å². The Morgan fingerprint density at radius 2 is 1.67 bits per heavy atom. The van der Waals surface area contributed by atoms with Crippen molar-refractivity contribution in [1.29, 1.82) is 0 Å². The third kappa shape index (κ3) is 2.44. The van der Waals surface area contributed by atoms with Crippen molar-refractivity contribution >= 4 is 0 Å². The van der Waals surface area contributed by atoms with Crippen LogP contribution in [0.1, 0.15) is 47.7 Å². The van der Waals surface area contributed by atoms with E-state index in [1.165, 1.54) is 16.7 Å². The highest BCUT2D eigenvalue weighted by Crippen LogP contribution is 2.40. The lowest BCUT2D eigenvalue weighted by Gasteiger charge is -2.19. The Hall–Kier alpha value is -1.80. The number of fused-ring (bicyclic) bond motifs is 1. The highest BCUT2D eigenvalue weighted by atomic mass is 16.5. The lowest BCUT2D eigenvalue weighted by atomic mass is 9.84. The molecule has 21 heavy (non-hydrogen) atoms. The maximum absolute atomic E-state index is 6.48. The second kappa shape index (κ2) is 4.88. The van der Waals surface area contributed by atoms with E-state index in [-0.39, 0.29) is 11.5 Å². The van der Waals surface area contributed by atoms with E-state index in [4.69, 9.17) is 10.5 Å². The van der Waals surface area contributed by atoms with Crippen molar-refractivity contribution in [2.45, 2.75) is 39.2 Å². The van der Waals surface area contributed by atoms with Crippen LogP contribution in [0.5, 0.6) is 5.75 Å². The topological polar surface area (TPSA) is 35.2 Å². The summed E-state index contributed by atoms with van der Waals surface area (Å²) >= 11 is 0. The van der Waals surface area contributed by atoms with Crippen LogP contribution in [0.15, 0.2) is 36.4 Å². The molecule has 0 aliphatic carbocycles. The summed E-state index contributed by atoms with van der Waals surface area (Å²) in [7, 11) is 0. The summed E-state index contributed by atoms with van der Waals surface area (Å²) in [5.74, 6) is 0.996. The first-order valence-electron chi connectivity index (χ1n) is 7.48. The zero-order chi connectivity index (χ0) is 15.2. The molecule has 1 aliphatic heterocycles. The molecule has 1 aliphatic rings. The monoisotopic (exact) mass is 281 g/mol. The van der Waals surface area contributed by atoms with Crippen LogP contribution in [-0.2, 0) is 5.41 Å². The lowest BCUT2D eigenvalue weighted by Crippen LogP contribution is -2.19. The highest BCUT2D eigenvalue weighted by molar-refractivity contribution is 5.47. The van der Waals surface area contributed by atoms with Crippen molar-refractivity contribution in [3.05, 3.63) is 64.2 Å². The second-order valence-electron chi connectivity index (χ2n) is 6.75. The number of aryl methyl sites for hydroxylation is 2. The Morgan fingerprint density at radius 3 is 2.38 bits per heavy atom. The fourth-order valence-corrected chi connectivity index (χ4v) is 2.88. The number of rotatable bonds is 2. The zero-order valence-electron chi connectivity index (χ0n) is 13.2. The van der Waals surface area contributed by atoms with Gasteiger partial charge in [-0.3, -0.25) is 0 Å². The molecule has 1 heterocycles. The summed E-state index contributed by atoms with van der Waals surface area (Å²) in [4.78, 5) is 0. The highest BCUT2D eigenvalue weighted by Gasteiger charge is 2.32. The van der Waals surface area contributed by atoms with Crippen LogP contribution in [0.25, 0.3) is 0 Å². The average molecular weight is 281 g/mol. The van der Waals surface area contributed by atoms with E-state index in [0.29, 0.717) is 0 Å². The molecule has 2 N–H and O–H groups in total. The summed E-state index contributed by atoms with van der Waals surface area (Å²) in [5.41, 5.74) is 12.7. The molecule has 0 saturated heterocycles. The van der Waals surface area contributed by atoms with Crippen molar-refractivity contribution in [2.24, 2.45) is 5.73 Å². The first-order chi connectivity index (χ1) is 9.88. The Kier molecular flexibility index (Phi) is 3.29. The van der Waals surface area contributed by atoms with Crippen LogP contribution in [0.2, 0.25) is 0 Å². The summed E-state index contributed by atoms with van der Waals surface area (Å²) in [5, 5.41) is 0. The fourth-order valence-electron chi connectivity index (χ4n) is 2.88. The van der Waals surface area contributed by atoms with Gasteiger partial charge >= 0.3 is 0 Å². The minimum Gasteiger partial charge on any atom is -0.492 e. The molecule has 1 atom stereocenters. The van der Waals surface area contributed by atoms with Gasteiger partial charge in [0, 0.05) is 11.0 Å². The molecule has 0 saturated carbocycles. The van der Waals surface area contributed by atoms with E-state index in [9.17, 15) is 0 Å². The molecular weight excluding hydrogens is 258 g/mol. The van der Waals surface area contributed by atoms with Gasteiger partial charge in [0.2, 0.25) is 0 Å². The van der Waals surface area contributed by atoms with Gasteiger partial charge in [-0.1, -0.05) is 38.1 Å². The number of hydrogen-bond acceptors (Lipinski definition) is 2. The predicted octanol–water partition coefficient (Wildman–Crippen LogP) is 4.02. The smallest absolute Gasteiger partial charge is 0.123 e. The molecule has 0 spiro atoms. The average Bonchev–Trinajstić information content (AvgIpc) is 2.76. The SMILES string of the molecule is Cc1ccc(C(N)c2ccc3c(c2)C(C)(C)CO3)cc1C. The van der Waals surface area contributed by atoms with Gasteiger partial charge in [-0.25, -0.2) is 0 Å². The fraction of sp³-hybridized carbons (Fsp3) is 0.368. The Labute approximate surface area is 126 Å². The third-order valence-corrected chi connectivity index (χ3v) is 4.57. The molecule has 3 rings (SSSR count). The van der Waals surface area contributed by atoms with Crippen LogP contribution in [0.4, 0.5) is 0 Å². The molecule has 2 heteroatoms.